The largest absolute Gasteiger partial charge is 0.495 e. The number of carbonyl (C=O) groups excluding carboxylic acids is 1. The van der Waals surface area contributed by atoms with Crippen molar-refractivity contribution < 1.29 is 17.9 Å². The van der Waals surface area contributed by atoms with Crippen molar-refractivity contribution in [2.24, 2.45) is 0 Å². The highest BCUT2D eigenvalue weighted by Crippen LogP contribution is 2.32. The van der Waals surface area contributed by atoms with E-state index in [4.69, 9.17) is 4.74 Å². The molecule has 0 bridgehead atoms. The van der Waals surface area contributed by atoms with Crippen LogP contribution in [0.15, 0.2) is 18.2 Å². The first-order valence-corrected chi connectivity index (χ1v) is 7.92. The molecular formula is C13H20N2O4S. The lowest BCUT2D eigenvalue weighted by Gasteiger charge is -2.29. The zero-order valence-corrected chi connectivity index (χ0v) is 13.1. The van der Waals surface area contributed by atoms with Crippen molar-refractivity contribution in [1.29, 1.82) is 0 Å². The number of methoxy groups -OCH3 is 1. The third-order valence-corrected chi connectivity index (χ3v) is 4.13. The Kier molecular flexibility index (Phi) is 4.99. The standard InChI is InChI=1S/C13H20N2O4S/c1-9-6-7-12(19-4)11(8-9)15(20(5,17)18)10(2)13(16)14-3/h6-8,10H,1-5H3,(H,14,16)/t10-/m0/s1. The molecule has 1 aromatic carbocycles. The molecule has 0 heterocycles. The lowest BCUT2D eigenvalue weighted by molar-refractivity contribution is -0.121. The maximum atomic E-state index is 12.1. The summed E-state index contributed by atoms with van der Waals surface area (Å²) in [6.45, 7) is 3.37. The molecule has 0 saturated carbocycles. The van der Waals surface area contributed by atoms with Gasteiger partial charge in [-0.25, -0.2) is 8.42 Å². The fourth-order valence-corrected chi connectivity index (χ4v) is 3.13. The molecule has 20 heavy (non-hydrogen) atoms. The van der Waals surface area contributed by atoms with Gasteiger partial charge in [0.25, 0.3) is 0 Å². The van der Waals surface area contributed by atoms with Crippen molar-refractivity contribution in [3.05, 3.63) is 23.8 Å². The van der Waals surface area contributed by atoms with Crippen LogP contribution in [0.5, 0.6) is 5.75 Å². The second-order valence-corrected chi connectivity index (χ2v) is 6.38. The van der Waals surface area contributed by atoms with Crippen LogP contribution in [-0.2, 0) is 14.8 Å². The fourth-order valence-electron chi connectivity index (χ4n) is 1.96. The van der Waals surface area contributed by atoms with Gasteiger partial charge in [-0.2, -0.15) is 0 Å². The van der Waals surface area contributed by atoms with Gasteiger partial charge in [0.2, 0.25) is 15.9 Å². The second-order valence-electron chi connectivity index (χ2n) is 4.52. The van der Waals surface area contributed by atoms with Gasteiger partial charge >= 0.3 is 0 Å². The van der Waals surface area contributed by atoms with E-state index in [-0.39, 0.29) is 5.91 Å². The minimum atomic E-state index is -3.63. The second kappa shape index (κ2) is 6.13. The van der Waals surface area contributed by atoms with E-state index in [9.17, 15) is 13.2 Å². The van der Waals surface area contributed by atoms with Gasteiger partial charge in [0.1, 0.15) is 11.8 Å². The summed E-state index contributed by atoms with van der Waals surface area (Å²) >= 11 is 0. The summed E-state index contributed by atoms with van der Waals surface area (Å²) in [5.41, 5.74) is 1.23. The van der Waals surface area contributed by atoms with E-state index in [0.29, 0.717) is 11.4 Å². The van der Waals surface area contributed by atoms with Gasteiger partial charge in [0.05, 0.1) is 19.1 Å². The summed E-state index contributed by atoms with van der Waals surface area (Å²) in [6.07, 6.45) is 1.06. The summed E-state index contributed by atoms with van der Waals surface area (Å²) in [4.78, 5) is 11.8. The monoisotopic (exact) mass is 300 g/mol. The van der Waals surface area contributed by atoms with Crippen molar-refractivity contribution in [1.82, 2.24) is 5.32 Å². The summed E-state index contributed by atoms with van der Waals surface area (Å²) in [5.74, 6) is 0.00997. The van der Waals surface area contributed by atoms with Crippen molar-refractivity contribution >= 4 is 21.6 Å². The van der Waals surface area contributed by atoms with E-state index in [1.54, 1.807) is 12.1 Å². The van der Waals surface area contributed by atoms with Crippen LogP contribution in [0.3, 0.4) is 0 Å². The first kappa shape index (κ1) is 16.3. The third-order valence-electron chi connectivity index (χ3n) is 2.91. The molecule has 0 aliphatic carbocycles. The number of hydrogen-bond acceptors (Lipinski definition) is 4. The first-order chi connectivity index (χ1) is 9.22. The number of nitrogens with zero attached hydrogens (tertiary/aromatic N) is 1. The molecular weight excluding hydrogens is 280 g/mol. The van der Waals surface area contributed by atoms with Crippen LogP contribution in [0.1, 0.15) is 12.5 Å². The van der Waals surface area contributed by atoms with Gasteiger partial charge in [0, 0.05) is 7.05 Å². The Morgan fingerprint density at radius 3 is 2.45 bits per heavy atom. The first-order valence-electron chi connectivity index (χ1n) is 6.08. The van der Waals surface area contributed by atoms with Crippen molar-refractivity contribution in [2.75, 3.05) is 24.7 Å². The molecule has 1 aromatic rings. The number of amides is 1. The average Bonchev–Trinajstić information content (AvgIpc) is 2.36. The molecule has 0 fully saturated rings. The van der Waals surface area contributed by atoms with Crippen LogP contribution in [0.4, 0.5) is 5.69 Å². The smallest absolute Gasteiger partial charge is 0.243 e. The number of hydrogen-bond donors (Lipinski definition) is 1. The number of benzene rings is 1. The summed E-state index contributed by atoms with van der Waals surface area (Å²) in [5, 5.41) is 2.45. The summed E-state index contributed by atoms with van der Waals surface area (Å²) in [7, 11) is -0.707. The number of sulfonamides is 1. The molecule has 0 saturated heterocycles. The Morgan fingerprint density at radius 1 is 1.40 bits per heavy atom. The molecule has 112 valence electrons. The fraction of sp³-hybridized carbons (Fsp3) is 0.462. The number of ether oxygens (including phenoxy) is 1. The zero-order chi connectivity index (χ0) is 15.5. The molecule has 6 nitrogen and oxygen atoms in total. The number of likely N-dealkylation sites (N-methyl/N-ethyl adjacent to an activating group) is 1. The minimum absolute atomic E-state index is 0.353. The van der Waals surface area contributed by atoms with Gasteiger partial charge in [0.15, 0.2) is 0 Å². The molecule has 0 spiro atoms. The highest BCUT2D eigenvalue weighted by Gasteiger charge is 2.30. The van der Waals surface area contributed by atoms with Gasteiger partial charge < -0.3 is 10.1 Å². The molecule has 0 aliphatic rings. The molecule has 0 unspecified atom stereocenters. The number of anilines is 1. The lowest BCUT2D eigenvalue weighted by atomic mass is 10.2. The summed E-state index contributed by atoms with van der Waals surface area (Å²) in [6, 6.07) is 4.30. The highest BCUT2D eigenvalue weighted by molar-refractivity contribution is 7.92. The van der Waals surface area contributed by atoms with E-state index in [0.717, 1.165) is 16.1 Å². The maximum Gasteiger partial charge on any atom is 0.243 e. The maximum absolute atomic E-state index is 12.1. The minimum Gasteiger partial charge on any atom is -0.495 e. The third kappa shape index (κ3) is 3.41. The normalized spacial score (nSPS) is 12.7. The van der Waals surface area contributed by atoms with Crippen molar-refractivity contribution in [3.63, 3.8) is 0 Å². The SMILES string of the molecule is CNC(=O)[C@H](C)N(c1cc(C)ccc1OC)S(C)(=O)=O. The van der Waals surface area contributed by atoms with E-state index in [1.165, 1.54) is 21.1 Å². The van der Waals surface area contributed by atoms with Gasteiger partial charge in [-0.3, -0.25) is 9.10 Å². The van der Waals surface area contributed by atoms with Crippen LogP contribution in [-0.4, -0.2) is 40.8 Å². The van der Waals surface area contributed by atoms with Crippen molar-refractivity contribution in [2.45, 2.75) is 19.9 Å². The molecule has 0 aromatic heterocycles. The highest BCUT2D eigenvalue weighted by atomic mass is 32.2. The van der Waals surface area contributed by atoms with Gasteiger partial charge in [-0.05, 0) is 31.5 Å². The van der Waals surface area contributed by atoms with E-state index in [1.807, 2.05) is 13.0 Å². The van der Waals surface area contributed by atoms with Crippen LogP contribution in [0.25, 0.3) is 0 Å². The molecule has 1 N–H and O–H groups in total. The van der Waals surface area contributed by atoms with E-state index in [2.05, 4.69) is 5.32 Å². The Balaban J connectivity index is 3.47. The molecule has 0 radical (unpaired) electrons. The zero-order valence-electron chi connectivity index (χ0n) is 12.3. The van der Waals surface area contributed by atoms with E-state index >= 15 is 0 Å². The van der Waals surface area contributed by atoms with Crippen LogP contribution in [0, 0.1) is 6.92 Å². The molecule has 1 atom stereocenters. The van der Waals surface area contributed by atoms with Crippen LogP contribution >= 0.6 is 0 Å². The van der Waals surface area contributed by atoms with Gasteiger partial charge in [-0.15, -0.1) is 0 Å². The molecule has 0 aliphatic heterocycles. The topological polar surface area (TPSA) is 75.7 Å². The van der Waals surface area contributed by atoms with Crippen molar-refractivity contribution in [3.8, 4) is 5.75 Å². The molecule has 1 amide bonds. The molecule has 1 rings (SSSR count). The van der Waals surface area contributed by atoms with E-state index < -0.39 is 16.1 Å². The number of rotatable bonds is 5. The number of aryl methyl sites for hydroxylation is 1. The Bertz CT molecular complexity index is 598. The predicted octanol–water partition coefficient (Wildman–Crippen LogP) is 0.904. The number of nitrogens with one attached hydrogen (secondary N) is 1. The van der Waals surface area contributed by atoms with Crippen LogP contribution < -0.4 is 14.4 Å². The lowest BCUT2D eigenvalue weighted by Crippen LogP contribution is -2.47. The Hall–Kier alpha value is -1.76. The number of carbonyl (C=O) groups is 1. The van der Waals surface area contributed by atoms with Crippen LogP contribution in [0.2, 0.25) is 0 Å². The Morgan fingerprint density at radius 2 is 2.00 bits per heavy atom. The van der Waals surface area contributed by atoms with Gasteiger partial charge in [-0.1, -0.05) is 6.07 Å². The quantitative estimate of drug-likeness (QED) is 0.877. The average molecular weight is 300 g/mol. The Labute approximate surface area is 119 Å². The summed E-state index contributed by atoms with van der Waals surface area (Å²) < 4.78 is 30.4. The predicted molar refractivity (Wildman–Crippen MR) is 78.6 cm³/mol. The molecule has 7 heteroatoms.